The van der Waals surface area contributed by atoms with Crippen LogP contribution in [-0.4, -0.2) is 19.7 Å². The normalized spacial score (nSPS) is 10.0. The van der Waals surface area contributed by atoms with Gasteiger partial charge >= 0.3 is 5.97 Å². The monoisotopic (exact) mass is 285 g/mol. The summed E-state index contributed by atoms with van der Waals surface area (Å²) < 4.78 is 10.1. The molecule has 0 amide bonds. The van der Waals surface area contributed by atoms with Crippen LogP contribution in [0.1, 0.15) is 22.8 Å². The van der Waals surface area contributed by atoms with Crippen LogP contribution >= 0.6 is 0 Å². The Labute approximate surface area is 124 Å². The van der Waals surface area contributed by atoms with Gasteiger partial charge in [-0.05, 0) is 48.9 Å². The highest BCUT2D eigenvalue weighted by Crippen LogP contribution is 2.15. The number of carbonyl (C=O) groups is 1. The molecular weight excluding hydrogens is 266 g/mol. The lowest BCUT2D eigenvalue weighted by atomic mass is 10.2. The zero-order valence-corrected chi connectivity index (χ0v) is 12.3. The van der Waals surface area contributed by atoms with E-state index in [1.165, 1.54) is 0 Å². The first-order valence-corrected chi connectivity index (χ1v) is 6.87. The lowest BCUT2D eigenvalue weighted by Gasteiger charge is -2.08. The first kappa shape index (κ1) is 14.9. The number of esters is 1. The highest BCUT2D eigenvalue weighted by atomic mass is 16.5. The number of anilines is 1. The van der Waals surface area contributed by atoms with Gasteiger partial charge in [0.15, 0.2) is 0 Å². The fraction of sp³-hybridized carbons (Fsp3) is 0.235. The third kappa shape index (κ3) is 4.24. The minimum Gasteiger partial charge on any atom is -0.497 e. The summed E-state index contributed by atoms with van der Waals surface area (Å²) >= 11 is 0. The number of rotatable bonds is 6. The third-order valence-corrected chi connectivity index (χ3v) is 3.03. The molecule has 2 rings (SSSR count). The quantitative estimate of drug-likeness (QED) is 0.825. The topological polar surface area (TPSA) is 47.6 Å². The van der Waals surface area contributed by atoms with E-state index in [0.29, 0.717) is 18.7 Å². The first-order valence-electron chi connectivity index (χ1n) is 6.87. The fourth-order valence-electron chi connectivity index (χ4n) is 1.93. The maximum Gasteiger partial charge on any atom is 0.338 e. The maximum absolute atomic E-state index is 11.5. The summed E-state index contributed by atoms with van der Waals surface area (Å²) in [6.07, 6.45) is 0. The molecule has 110 valence electrons. The molecule has 0 aliphatic heterocycles. The van der Waals surface area contributed by atoms with Crippen LogP contribution in [-0.2, 0) is 11.3 Å². The molecule has 0 bridgehead atoms. The molecular formula is C17H19NO3. The third-order valence-electron chi connectivity index (χ3n) is 3.03. The van der Waals surface area contributed by atoms with Crippen LogP contribution in [0, 0.1) is 0 Å². The van der Waals surface area contributed by atoms with Gasteiger partial charge in [-0.25, -0.2) is 4.79 Å². The van der Waals surface area contributed by atoms with Gasteiger partial charge in [0.25, 0.3) is 0 Å². The van der Waals surface area contributed by atoms with Crippen molar-refractivity contribution in [3.8, 4) is 5.75 Å². The molecule has 2 aromatic rings. The van der Waals surface area contributed by atoms with Crippen molar-refractivity contribution < 1.29 is 14.3 Å². The van der Waals surface area contributed by atoms with Gasteiger partial charge in [0, 0.05) is 12.2 Å². The van der Waals surface area contributed by atoms with E-state index >= 15 is 0 Å². The minimum absolute atomic E-state index is 0.295. The summed E-state index contributed by atoms with van der Waals surface area (Å²) in [6.45, 7) is 2.87. The summed E-state index contributed by atoms with van der Waals surface area (Å²) in [5.74, 6) is 0.545. The summed E-state index contributed by atoms with van der Waals surface area (Å²) in [4.78, 5) is 11.5. The van der Waals surface area contributed by atoms with Crippen molar-refractivity contribution in [1.82, 2.24) is 0 Å². The second-order valence-corrected chi connectivity index (χ2v) is 4.50. The Morgan fingerprint density at radius 3 is 2.57 bits per heavy atom. The molecule has 4 heteroatoms. The molecule has 0 unspecified atom stereocenters. The highest BCUT2D eigenvalue weighted by molar-refractivity contribution is 5.89. The lowest BCUT2D eigenvalue weighted by molar-refractivity contribution is 0.0526. The Morgan fingerprint density at radius 1 is 1.14 bits per heavy atom. The van der Waals surface area contributed by atoms with Crippen molar-refractivity contribution in [3.05, 3.63) is 59.7 Å². The molecule has 21 heavy (non-hydrogen) atoms. The van der Waals surface area contributed by atoms with Gasteiger partial charge in [0.05, 0.1) is 19.3 Å². The Kier molecular flexibility index (Phi) is 5.21. The average Bonchev–Trinajstić information content (AvgIpc) is 2.54. The van der Waals surface area contributed by atoms with Crippen molar-refractivity contribution in [2.45, 2.75) is 13.5 Å². The summed E-state index contributed by atoms with van der Waals surface area (Å²) in [5.41, 5.74) is 2.64. The molecule has 0 spiro atoms. The maximum atomic E-state index is 11.5. The van der Waals surface area contributed by atoms with E-state index in [2.05, 4.69) is 5.32 Å². The van der Waals surface area contributed by atoms with Crippen LogP contribution in [0.15, 0.2) is 48.5 Å². The van der Waals surface area contributed by atoms with Crippen molar-refractivity contribution in [2.24, 2.45) is 0 Å². The van der Waals surface area contributed by atoms with Crippen molar-refractivity contribution >= 4 is 11.7 Å². The number of hydrogen-bond donors (Lipinski definition) is 1. The zero-order chi connectivity index (χ0) is 15.1. The van der Waals surface area contributed by atoms with Crippen molar-refractivity contribution in [2.75, 3.05) is 19.0 Å². The van der Waals surface area contributed by atoms with Gasteiger partial charge in [-0.2, -0.15) is 0 Å². The second-order valence-electron chi connectivity index (χ2n) is 4.50. The highest BCUT2D eigenvalue weighted by Gasteiger charge is 2.05. The zero-order valence-electron chi connectivity index (χ0n) is 12.3. The van der Waals surface area contributed by atoms with Gasteiger partial charge in [0.1, 0.15) is 5.75 Å². The van der Waals surface area contributed by atoms with E-state index in [9.17, 15) is 4.79 Å². The van der Waals surface area contributed by atoms with Crippen molar-refractivity contribution in [1.29, 1.82) is 0 Å². The Morgan fingerprint density at radius 2 is 1.90 bits per heavy atom. The van der Waals surface area contributed by atoms with Gasteiger partial charge in [0.2, 0.25) is 0 Å². The smallest absolute Gasteiger partial charge is 0.338 e. The van der Waals surface area contributed by atoms with Crippen LogP contribution in [0.5, 0.6) is 5.75 Å². The molecule has 0 aliphatic rings. The van der Waals surface area contributed by atoms with E-state index in [1.54, 1.807) is 26.2 Å². The predicted octanol–water partition coefficient (Wildman–Crippen LogP) is 3.48. The van der Waals surface area contributed by atoms with Gasteiger partial charge in [-0.1, -0.05) is 12.1 Å². The van der Waals surface area contributed by atoms with Crippen LogP contribution in [0.25, 0.3) is 0 Å². The van der Waals surface area contributed by atoms with E-state index in [-0.39, 0.29) is 5.97 Å². The Bertz CT molecular complexity index is 593. The molecule has 0 saturated carbocycles. The molecule has 0 radical (unpaired) electrons. The number of carbonyl (C=O) groups excluding carboxylic acids is 1. The molecule has 0 heterocycles. The molecule has 0 aliphatic carbocycles. The van der Waals surface area contributed by atoms with Gasteiger partial charge in [-0.15, -0.1) is 0 Å². The van der Waals surface area contributed by atoms with Crippen LogP contribution in [0.3, 0.4) is 0 Å². The number of nitrogens with one attached hydrogen (secondary N) is 1. The number of benzene rings is 2. The minimum atomic E-state index is -0.295. The largest absolute Gasteiger partial charge is 0.497 e. The molecule has 0 atom stereocenters. The lowest BCUT2D eigenvalue weighted by Crippen LogP contribution is -2.05. The summed E-state index contributed by atoms with van der Waals surface area (Å²) in [5, 5.41) is 3.30. The molecule has 1 N–H and O–H groups in total. The number of hydrogen-bond acceptors (Lipinski definition) is 4. The summed E-state index contributed by atoms with van der Waals surface area (Å²) in [7, 11) is 1.65. The molecule has 4 nitrogen and oxygen atoms in total. The molecule has 0 saturated heterocycles. The molecule has 2 aromatic carbocycles. The summed E-state index contributed by atoms with van der Waals surface area (Å²) in [6, 6.07) is 15.1. The second kappa shape index (κ2) is 7.33. The number of methoxy groups -OCH3 is 1. The van der Waals surface area contributed by atoms with Crippen molar-refractivity contribution in [3.63, 3.8) is 0 Å². The van der Waals surface area contributed by atoms with Gasteiger partial charge < -0.3 is 14.8 Å². The van der Waals surface area contributed by atoms with E-state index in [1.807, 2.05) is 36.4 Å². The predicted molar refractivity (Wildman–Crippen MR) is 82.7 cm³/mol. The Hall–Kier alpha value is -2.49. The van der Waals surface area contributed by atoms with Gasteiger partial charge in [-0.3, -0.25) is 0 Å². The first-order chi connectivity index (χ1) is 10.2. The standard InChI is InChI=1S/C17H19NO3/c1-3-21-17(19)14-7-9-15(10-8-14)18-12-13-5-4-6-16(11-13)20-2/h4-11,18H,3,12H2,1-2H3. The molecule has 0 fully saturated rings. The van der Waals surface area contributed by atoms with E-state index in [0.717, 1.165) is 17.0 Å². The Balaban J connectivity index is 1.95. The van der Waals surface area contributed by atoms with Crippen LogP contribution in [0.4, 0.5) is 5.69 Å². The van der Waals surface area contributed by atoms with E-state index < -0.39 is 0 Å². The average molecular weight is 285 g/mol. The van der Waals surface area contributed by atoms with E-state index in [4.69, 9.17) is 9.47 Å². The number of ether oxygens (including phenoxy) is 2. The van der Waals surface area contributed by atoms with Crippen LogP contribution in [0.2, 0.25) is 0 Å². The van der Waals surface area contributed by atoms with Crippen LogP contribution < -0.4 is 10.1 Å². The molecule has 0 aromatic heterocycles. The fourth-order valence-corrected chi connectivity index (χ4v) is 1.93. The SMILES string of the molecule is CCOC(=O)c1ccc(NCc2cccc(OC)c2)cc1.